The lowest BCUT2D eigenvalue weighted by atomic mass is 10.0. The predicted molar refractivity (Wildman–Crippen MR) is 133 cm³/mol. The molecule has 166 valence electrons. The molecule has 0 spiro atoms. The molecule has 0 aliphatic heterocycles. The maximum absolute atomic E-state index is 12.7. The van der Waals surface area contributed by atoms with Gasteiger partial charge in [0.25, 0.3) is 0 Å². The van der Waals surface area contributed by atoms with E-state index in [0.717, 1.165) is 16.5 Å². The molecule has 1 heterocycles. The maximum Gasteiger partial charge on any atom is 0.351 e. The van der Waals surface area contributed by atoms with Gasteiger partial charge in [-0.15, -0.1) is 0 Å². The molecule has 0 unspecified atom stereocenters. The van der Waals surface area contributed by atoms with Gasteiger partial charge in [-0.3, -0.25) is 0 Å². The molecule has 0 N–H and O–H groups in total. The highest BCUT2D eigenvalue weighted by atomic mass is 16.6. The summed E-state index contributed by atoms with van der Waals surface area (Å²) in [7, 11) is 1.50. The summed E-state index contributed by atoms with van der Waals surface area (Å²) in [4.78, 5) is 25.0. The molecular formula is C29H20O5. The Bertz CT molecular complexity index is 1610. The van der Waals surface area contributed by atoms with Crippen molar-refractivity contribution in [2.24, 2.45) is 0 Å². The first-order valence-electron chi connectivity index (χ1n) is 10.7. The highest BCUT2D eigenvalue weighted by Gasteiger charge is 2.18. The second-order valence-electron chi connectivity index (χ2n) is 7.69. The van der Waals surface area contributed by atoms with Crippen molar-refractivity contribution in [1.29, 1.82) is 0 Å². The summed E-state index contributed by atoms with van der Waals surface area (Å²) in [5.74, 6) is -0.224. The van der Waals surface area contributed by atoms with E-state index in [2.05, 4.69) is 24.3 Å². The van der Waals surface area contributed by atoms with Crippen LogP contribution in [-0.4, -0.2) is 13.1 Å². The summed E-state index contributed by atoms with van der Waals surface area (Å²) in [5, 5.41) is 2.96. The standard InChI is InChI=1S/C29H20O5/c1-32-27-17-19(13-15-21-10-6-9-20-7-2-4-11-23(20)21)14-16-26(27)34-29(31)24-18-22-8-3-5-12-25(22)33-28(24)30/h2-18H,1H3/b15-13+. The van der Waals surface area contributed by atoms with Gasteiger partial charge in [0.15, 0.2) is 11.5 Å². The van der Waals surface area contributed by atoms with E-state index in [1.807, 2.05) is 36.4 Å². The molecule has 5 nitrogen and oxygen atoms in total. The van der Waals surface area contributed by atoms with Crippen LogP contribution in [0.2, 0.25) is 0 Å². The highest BCUT2D eigenvalue weighted by Crippen LogP contribution is 2.30. The van der Waals surface area contributed by atoms with Crippen LogP contribution < -0.4 is 15.1 Å². The molecular weight excluding hydrogens is 428 g/mol. The van der Waals surface area contributed by atoms with Gasteiger partial charge >= 0.3 is 11.6 Å². The molecule has 0 aliphatic carbocycles. The zero-order chi connectivity index (χ0) is 23.5. The van der Waals surface area contributed by atoms with Crippen LogP contribution in [0.3, 0.4) is 0 Å². The van der Waals surface area contributed by atoms with Crippen molar-refractivity contribution in [1.82, 2.24) is 0 Å². The van der Waals surface area contributed by atoms with Crippen molar-refractivity contribution in [2.45, 2.75) is 0 Å². The minimum Gasteiger partial charge on any atom is -0.493 e. The van der Waals surface area contributed by atoms with E-state index in [-0.39, 0.29) is 11.3 Å². The van der Waals surface area contributed by atoms with E-state index in [0.29, 0.717) is 16.7 Å². The van der Waals surface area contributed by atoms with Crippen molar-refractivity contribution in [3.05, 3.63) is 118 Å². The molecule has 4 aromatic carbocycles. The molecule has 5 heteroatoms. The number of benzene rings is 4. The molecule has 0 fully saturated rings. The maximum atomic E-state index is 12.7. The Hall–Kier alpha value is -4.64. The van der Waals surface area contributed by atoms with Gasteiger partial charge in [0, 0.05) is 5.39 Å². The minimum atomic E-state index is -0.808. The first-order chi connectivity index (χ1) is 16.6. The third kappa shape index (κ3) is 4.19. The lowest BCUT2D eigenvalue weighted by Crippen LogP contribution is -2.19. The number of esters is 1. The van der Waals surface area contributed by atoms with Crippen molar-refractivity contribution in [3.63, 3.8) is 0 Å². The topological polar surface area (TPSA) is 65.7 Å². The van der Waals surface area contributed by atoms with Gasteiger partial charge in [0.2, 0.25) is 0 Å². The number of hydrogen-bond acceptors (Lipinski definition) is 5. The SMILES string of the molecule is COc1cc(/C=C/c2cccc3ccccc23)ccc1OC(=O)c1cc2ccccc2oc1=O. The number of carbonyl (C=O) groups excluding carboxylic acids is 1. The fourth-order valence-electron chi connectivity index (χ4n) is 3.81. The van der Waals surface area contributed by atoms with Gasteiger partial charge in [-0.25, -0.2) is 9.59 Å². The molecule has 0 saturated heterocycles. The average molecular weight is 448 g/mol. The van der Waals surface area contributed by atoms with E-state index in [9.17, 15) is 9.59 Å². The molecule has 5 aromatic rings. The van der Waals surface area contributed by atoms with Crippen LogP contribution in [0.1, 0.15) is 21.5 Å². The van der Waals surface area contributed by atoms with Crippen molar-refractivity contribution in [3.8, 4) is 11.5 Å². The third-order valence-corrected chi connectivity index (χ3v) is 5.53. The molecule has 34 heavy (non-hydrogen) atoms. The largest absolute Gasteiger partial charge is 0.493 e. The van der Waals surface area contributed by atoms with Crippen molar-refractivity contribution in [2.75, 3.05) is 7.11 Å². The van der Waals surface area contributed by atoms with E-state index in [1.54, 1.807) is 36.4 Å². The number of fused-ring (bicyclic) bond motifs is 2. The second kappa shape index (κ2) is 9.08. The number of para-hydroxylation sites is 1. The molecule has 0 atom stereocenters. The van der Waals surface area contributed by atoms with Crippen LogP contribution in [0.4, 0.5) is 0 Å². The highest BCUT2D eigenvalue weighted by molar-refractivity contribution is 5.95. The van der Waals surface area contributed by atoms with E-state index < -0.39 is 11.6 Å². The Morgan fingerprint density at radius 2 is 1.56 bits per heavy atom. The zero-order valence-electron chi connectivity index (χ0n) is 18.4. The van der Waals surface area contributed by atoms with Crippen LogP contribution in [0.5, 0.6) is 11.5 Å². The van der Waals surface area contributed by atoms with Gasteiger partial charge in [-0.1, -0.05) is 78.9 Å². The minimum absolute atomic E-state index is 0.180. The van der Waals surface area contributed by atoms with Crippen LogP contribution in [0.15, 0.2) is 100 Å². The van der Waals surface area contributed by atoms with Crippen LogP contribution in [-0.2, 0) is 0 Å². The monoisotopic (exact) mass is 448 g/mol. The van der Waals surface area contributed by atoms with Crippen LogP contribution in [0, 0.1) is 0 Å². The number of ether oxygens (including phenoxy) is 2. The summed E-state index contributed by atoms with van der Waals surface area (Å²) in [6.07, 6.45) is 4.00. The third-order valence-electron chi connectivity index (χ3n) is 5.53. The number of rotatable bonds is 5. The second-order valence-corrected chi connectivity index (χ2v) is 7.69. The zero-order valence-corrected chi connectivity index (χ0v) is 18.4. The predicted octanol–water partition coefficient (Wildman–Crippen LogP) is 6.34. The van der Waals surface area contributed by atoms with E-state index >= 15 is 0 Å². The van der Waals surface area contributed by atoms with Crippen LogP contribution in [0.25, 0.3) is 33.9 Å². The molecule has 5 rings (SSSR count). The normalized spacial score (nSPS) is 11.2. The fraction of sp³-hybridized carbons (Fsp3) is 0.0345. The first-order valence-corrected chi connectivity index (χ1v) is 10.7. The Morgan fingerprint density at radius 1 is 0.794 bits per heavy atom. The van der Waals surface area contributed by atoms with Gasteiger partial charge in [-0.05, 0) is 46.2 Å². The van der Waals surface area contributed by atoms with Crippen molar-refractivity contribution < 1.29 is 18.7 Å². The number of hydrogen-bond donors (Lipinski definition) is 0. The van der Waals surface area contributed by atoms with Gasteiger partial charge in [0.1, 0.15) is 11.1 Å². The summed E-state index contributed by atoms with van der Waals surface area (Å²) >= 11 is 0. The van der Waals surface area contributed by atoms with E-state index in [4.69, 9.17) is 13.9 Å². The van der Waals surface area contributed by atoms with Crippen molar-refractivity contribution >= 4 is 39.9 Å². The Balaban J connectivity index is 1.41. The fourth-order valence-corrected chi connectivity index (χ4v) is 3.81. The molecule has 0 amide bonds. The lowest BCUT2D eigenvalue weighted by Gasteiger charge is -2.10. The van der Waals surface area contributed by atoms with E-state index in [1.165, 1.54) is 18.6 Å². The Labute approximate surface area is 195 Å². The molecule has 0 bridgehead atoms. The first kappa shape index (κ1) is 21.2. The summed E-state index contributed by atoms with van der Waals surface area (Å²) in [5.41, 5.74) is 1.44. The molecule has 0 saturated carbocycles. The Kier molecular flexibility index (Phi) is 5.67. The van der Waals surface area contributed by atoms with Gasteiger partial charge in [-0.2, -0.15) is 0 Å². The average Bonchev–Trinajstić information content (AvgIpc) is 2.87. The lowest BCUT2D eigenvalue weighted by molar-refractivity contribution is 0.0725. The van der Waals surface area contributed by atoms with Gasteiger partial charge in [0.05, 0.1) is 7.11 Å². The summed E-state index contributed by atoms with van der Waals surface area (Å²) < 4.78 is 16.1. The number of methoxy groups -OCH3 is 1. The summed E-state index contributed by atoms with van der Waals surface area (Å²) in [6.45, 7) is 0. The summed E-state index contributed by atoms with van der Waals surface area (Å²) in [6, 6.07) is 28.0. The van der Waals surface area contributed by atoms with Gasteiger partial charge < -0.3 is 13.9 Å². The smallest absolute Gasteiger partial charge is 0.351 e. The molecule has 0 aliphatic rings. The Morgan fingerprint density at radius 3 is 2.41 bits per heavy atom. The molecule has 0 radical (unpaired) electrons. The quantitative estimate of drug-likeness (QED) is 0.136. The van der Waals surface area contributed by atoms with Crippen LogP contribution >= 0.6 is 0 Å². The molecule has 1 aromatic heterocycles. The number of carbonyl (C=O) groups is 1.